The van der Waals surface area contributed by atoms with Crippen molar-refractivity contribution in [3.05, 3.63) is 40.9 Å². The normalized spacial score (nSPS) is 10.9. The van der Waals surface area contributed by atoms with Gasteiger partial charge in [-0.3, -0.25) is 0 Å². The molecule has 2 rings (SSSR count). The Morgan fingerprint density at radius 2 is 1.94 bits per heavy atom. The fraction of sp³-hybridized carbons (Fsp3) is 0.231. The van der Waals surface area contributed by atoms with Gasteiger partial charge in [0.05, 0.1) is 5.69 Å². The Hall–Kier alpha value is -1.68. The van der Waals surface area contributed by atoms with E-state index in [1.807, 2.05) is 13.8 Å². The molecule has 0 amide bonds. The molecule has 0 bridgehead atoms. The molecular formula is C13H13ClFN3. The summed E-state index contributed by atoms with van der Waals surface area (Å²) in [5, 5.41) is 0.349. The van der Waals surface area contributed by atoms with Crippen molar-refractivity contribution in [1.29, 1.82) is 0 Å². The molecule has 94 valence electrons. The predicted molar refractivity (Wildman–Crippen MR) is 70.9 cm³/mol. The van der Waals surface area contributed by atoms with Gasteiger partial charge >= 0.3 is 0 Å². The molecule has 0 fully saturated rings. The minimum atomic E-state index is -0.421. The van der Waals surface area contributed by atoms with Crippen LogP contribution in [0.2, 0.25) is 5.02 Å². The van der Waals surface area contributed by atoms with Crippen molar-refractivity contribution in [2.75, 3.05) is 5.73 Å². The van der Waals surface area contributed by atoms with Crippen LogP contribution >= 0.6 is 11.6 Å². The SMILES string of the molecule is CC(C)c1nc(N)cc(-c2ccc(Cl)cc2F)n1. The monoisotopic (exact) mass is 265 g/mol. The average molecular weight is 266 g/mol. The lowest BCUT2D eigenvalue weighted by Crippen LogP contribution is -2.03. The number of hydrogen-bond acceptors (Lipinski definition) is 3. The van der Waals surface area contributed by atoms with E-state index in [1.165, 1.54) is 6.07 Å². The number of nitrogens with zero attached hydrogens (tertiary/aromatic N) is 2. The molecule has 1 aromatic heterocycles. The van der Waals surface area contributed by atoms with Gasteiger partial charge in [-0.2, -0.15) is 0 Å². The first-order valence-corrected chi connectivity index (χ1v) is 5.95. The maximum absolute atomic E-state index is 13.8. The molecule has 0 saturated carbocycles. The Kier molecular flexibility index (Phi) is 3.48. The second kappa shape index (κ2) is 4.90. The third kappa shape index (κ3) is 2.59. The summed E-state index contributed by atoms with van der Waals surface area (Å²) in [5.41, 5.74) is 6.56. The van der Waals surface area contributed by atoms with Gasteiger partial charge in [0.25, 0.3) is 0 Å². The lowest BCUT2D eigenvalue weighted by molar-refractivity contribution is 0.630. The Morgan fingerprint density at radius 3 is 2.56 bits per heavy atom. The van der Waals surface area contributed by atoms with E-state index >= 15 is 0 Å². The molecule has 0 radical (unpaired) electrons. The first-order valence-electron chi connectivity index (χ1n) is 5.57. The number of benzene rings is 1. The van der Waals surface area contributed by atoms with Crippen molar-refractivity contribution in [2.45, 2.75) is 19.8 Å². The summed E-state index contributed by atoms with van der Waals surface area (Å²) in [5.74, 6) is 0.635. The van der Waals surface area contributed by atoms with Gasteiger partial charge in [0.1, 0.15) is 17.5 Å². The van der Waals surface area contributed by atoms with Crippen molar-refractivity contribution in [2.24, 2.45) is 0 Å². The van der Waals surface area contributed by atoms with Crippen molar-refractivity contribution in [3.8, 4) is 11.3 Å². The maximum Gasteiger partial charge on any atom is 0.134 e. The molecule has 1 heterocycles. The molecule has 0 saturated heterocycles. The number of aromatic nitrogens is 2. The second-order valence-electron chi connectivity index (χ2n) is 4.32. The summed E-state index contributed by atoms with van der Waals surface area (Å²) in [6, 6.07) is 6.01. The molecule has 0 atom stereocenters. The van der Waals surface area contributed by atoms with E-state index in [0.29, 0.717) is 27.9 Å². The summed E-state index contributed by atoms with van der Waals surface area (Å²) in [6.45, 7) is 3.91. The summed E-state index contributed by atoms with van der Waals surface area (Å²) in [7, 11) is 0. The van der Waals surface area contributed by atoms with Crippen LogP contribution in [0.1, 0.15) is 25.6 Å². The highest BCUT2D eigenvalue weighted by Crippen LogP contribution is 2.26. The molecule has 0 aliphatic heterocycles. The zero-order valence-electron chi connectivity index (χ0n) is 10.1. The van der Waals surface area contributed by atoms with Gasteiger partial charge in [0.2, 0.25) is 0 Å². The third-order valence-electron chi connectivity index (χ3n) is 2.49. The van der Waals surface area contributed by atoms with Gasteiger partial charge < -0.3 is 5.73 Å². The summed E-state index contributed by atoms with van der Waals surface area (Å²) >= 11 is 5.72. The zero-order valence-corrected chi connectivity index (χ0v) is 10.9. The highest BCUT2D eigenvalue weighted by Gasteiger charge is 2.11. The Balaban J connectivity index is 2.56. The lowest BCUT2D eigenvalue weighted by Gasteiger charge is -2.09. The van der Waals surface area contributed by atoms with Gasteiger partial charge in [-0.25, -0.2) is 14.4 Å². The van der Waals surface area contributed by atoms with Crippen LogP contribution in [0.5, 0.6) is 0 Å². The number of hydrogen-bond donors (Lipinski definition) is 1. The van der Waals surface area contributed by atoms with E-state index < -0.39 is 5.82 Å². The number of rotatable bonds is 2. The lowest BCUT2D eigenvalue weighted by atomic mass is 10.1. The maximum atomic E-state index is 13.8. The van der Waals surface area contributed by atoms with E-state index in [0.717, 1.165) is 0 Å². The molecule has 18 heavy (non-hydrogen) atoms. The molecule has 2 N–H and O–H groups in total. The van der Waals surface area contributed by atoms with Crippen LogP contribution < -0.4 is 5.73 Å². The Morgan fingerprint density at radius 1 is 1.22 bits per heavy atom. The quantitative estimate of drug-likeness (QED) is 0.902. The van der Waals surface area contributed by atoms with Crippen molar-refractivity contribution >= 4 is 17.4 Å². The van der Waals surface area contributed by atoms with E-state index in [9.17, 15) is 4.39 Å². The zero-order chi connectivity index (χ0) is 13.3. The van der Waals surface area contributed by atoms with Crippen molar-refractivity contribution in [1.82, 2.24) is 9.97 Å². The average Bonchev–Trinajstić information content (AvgIpc) is 2.27. The largest absolute Gasteiger partial charge is 0.384 e. The fourth-order valence-corrected chi connectivity index (χ4v) is 1.74. The Labute approximate surface area is 110 Å². The van der Waals surface area contributed by atoms with Crippen molar-refractivity contribution < 1.29 is 4.39 Å². The second-order valence-corrected chi connectivity index (χ2v) is 4.75. The van der Waals surface area contributed by atoms with E-state index in [4.69, 9.17) is 17.3 Å². The predicted octanol–water partition coefficient (Wildman–Crippen LogP) is 3.64. The molecule has 5 heteroatoms. The number of halogens is 2. The fourth-order valence-electron chi connectivity index (χ4n) is 1.58. The van der Waals surface area contributed by atoms with Crippen LogP contribution in [0.15, 0.2) is 24.3 Å². The molecule has 0 aliphatic carbocycles. The number of nitrogen functional groups attached to an aromatic ring is 1. The van der Waals surface area contributed by atoms with Crippen LogP contribution in [0.25, 0.3) is 11.3 Å². The van der Waals surface area contributed by atoms with Crippen molar-refractivity contribution in [3.63, 3.8) is 0 Å². The van der Waals surface area contributed by atoms with Crippen LogP contribution in [-0.4, -0.2) is 9.97 Å². The molecule has 0 aliphatic rings. The van der Waals surface area contributed by atoms with Gasteiger partial charge in [-0.15, -0.1) is 0 Å². The molecule has 0 spiro atoms. The first kappa shape index (κ1) is 12.8. The van der Waals surface area contributed by atoms with Gasteiger partial charge in [-0.05, 0) is 18.2 Å². The molecule has 3 nitrogen and oxygen atoms in total. The molecule has 0 unspecified atom stereocenters. The van der Waals surface area contributed by atoms with Crippen LogP contribution in [-0.2, 0) is 0 Å². The molecule has 2 aromatic rings. The number of anilines is 1. The first-order chi connectivity index (χ1) is 8.47. The third-order valence-corrected chi connectivity index (χ3v) is 2.72. The van der Waals surface area contributed by atoms with Gasteiger partial charge in [0.15, 0.2) is 0 Å². The van der Waals surface area contributed by atoms with Crippen LogP contribution in [0, 0.1) is 5.82 Å². The summed E-state index contributed by atoms with van der Waals surface area (Å²) < 4.78 is 13.8. The number of nitrogens with two attached hydrogens (primary N) is 1. The van der Waals surface area contributed by atoms with Gasteiger partial charge in [0, 0.05) is 22.6 Å². The van der Waals surface area contributed by atoms with E-state index in [2.05, 4.69) is 9.97 Å². The van der Waals surface area contributed by atoms with E-state index in [1.54, 1.807) is 18.2 Å². The molecular weight excluding hydrogens is 253 g/mol. The highest BCUT2D eigenvalue weighted by atomic mass is 35.5. The highest BCUT2D eigenvalue weighted by molar-refractivity contribution is 6.30. The van der Waals surface area contributed by atoms with E-state index in [-0.39, 0.29) is 5.92 Å². The Bertz CT molecular complexity index is 584. The van der Waals surface area contributed by atoms with Gasteiger partial charge in [-0.1, -0.05) is 25.4 Å². The van der Waals surface area contributed by atoms with Crippen LogP contribution in [0.3, 0.4) is 0 Å². The summed E-state index contributed by atoms with van der Waals surface area (Å²) in [4.78, 5) is 8.44. The summed E-state index contributed by atoms with van der Waals surface area (Å²) in [6.07, 6.45) is 0. The molecule has 1 aromatic carbocycles. The standard InChI is InChI=1S/C13H13ClFN3/c1-7(2)13-17-11(6-12(16)18-13)9-4-3-8(14)5-10(9)15/h3-7H,1-2H3,(H2,16,17,18). The minimum absolute atomic E-state index is 0.127. The topological polar surface area (TPSA) is 51.8 Å². The van der Waals surface area contributed by atoms with Crippen LogP contribution in [0.4, 0.5) is 10.2 Å². The minimum Gasteiger partial charge on any atom is -0.384 e. The smallest absolute Gasteiger partial charge is 0.134 e.